The van der Waals surface area contributed by atoms with Crippen LogP contribution in [-0.4, -0.2) is 40.1 Å². The van der Waals surface area contributed by atoms with Gasteiger partial charge in [0.15, 0.2) is 0 Å². The first-order valence-electron chi connectivity index (χ1n) is 8.08. The van der Waals surface area contributed by atoms with Crippen LogP contribution >= 0.6 is 0 Å². The Labute approximate surface area is 145 Å². The van der Waals surface area contributed by atoms with Crippen molar-refractivity contribution in [3.63, 3.8) is 0 Å². The summed E-state index contributed by atoms with van der Waals surface area (Å²) in [6.45, 7) is 1.22. The summed E-state index contributed by atoms with van der Waals surface area (Å²) >= 11 is 0. The number of carboxylic acids is 1. The summed E-state index contributed by atoms with van der Waals surface area (Å²) < 4.78 is 5.59. The Kier molecular flexibility index (Phi) is 4.88. The molecule has 130 valence electrons. The second-order valence-electron chi connectivity index (χ2n) is 5.92. The van der Waals surface area contributed by atoms with Crippen molar-refractivity contribution in [1.82, 2.24) is 4.90 Å². The number of fused-ring (bicyclic) bond motifs is 1. The smallest absolute Gasteiger partial charge is 0.335 e. The summed E-state index contributed by atoms with van der Waals surface area (Å²) in [6.07, 6.45) is 0.610. The number of hydrogen-bond acceptors (Lipinski definition) is 4. The minimum atomic E-state index is -0.986. The van der Waals surface area contributed by atoms with Gasteiger partial charge in [-0.15, -0.1) is 0 Å². The Balaban J connectivity index is 1.68. The maximum atomic E-state index is 12.6. The minimum Gasteiger partial charge on any atom is -0.508 e. The van der Waals surface area contributed by atoms with Gasteiger partial charge in [-0.2, -0.15) is 0 Å². The summed E-state index contributed by atoms with van der Waals surface area (Å²) in [5.74, 6) is -0.319. The monoisotopic (exact) mass is 341 g/mol. The van der Waals surface area contributed by atoms with E-state index in [9.17, 15) is 19.8 Å². The van der Waals surface area contributed by atoms with Crippen LogP contribution in [0.1, 0.15) is 27.9 Å². The number of aromatic carboxylic acids is 1. The van der Waals surface area contributed by atoms with Gasteiger partial charge in [0.05, 0.1) is 12.1 Å². The van der Waals surface area contributed by atoms with E-state index in [0.717, 1.165) is 5.56 Å². The average molecular weight is 341 g/mol. The first-order chi connectivity index (χ1) is 12.0. The van der Waals surface area contributed by atoms with E-state index >= 15 is 0 Å². The molecule has 1 aliphatic rings. The van der Waals surface area contributed by atoms with Gasteiger partial charge in [0.25, 0.3) is 0 Å². The highest BCUT2D eigenvalue weighted by molar-refractivity contribution is 5.89. The molecule has 0 bridgehead atoms. The number of carbonyl (C=O) groups excluding carboxylic acids is 1. The molecule has 2 aromatic rings. The molecular weight excluding hydrogens is 322 g/mol. The van der Waals surface area contributed by atoms with Gasteiger partial charge >= 0.3 is 5.97 Å². The molecule has 0 saturated heterocycles. The lowest BCUT2D eigenvalue weighted by Crippen LogP contribution is -2.32. The summed E-state index contributed by atoms with van der Waals surface area (Å²) in [4.78, 5) is 25.5. The predicted octanol–water partition coefficient (Wildman–Crippen LogP) is 2.44. The SMILES string of the molecule is O=C(O)c1ccccc1CCC(=O)N1CCOc2cc(O)ccc2C1. The van der Waals surface area contributed by atoms with Crippen LogP contribution in [0.15, 0.2) is 42.5 Å². The van der Waals surface area contributed by atoms with Crippen molar-refractivity contribution < 1.29 is 24.5 Å². The standard InChI is InChI=1S/C19H19NO5/c21-15-7-5-14-12-20(9-10-25-17(14)11-15)18(22)8-6-13-3-1-2-4-16(13)19(23)24/h1-5,7,11,21H,6,8-10,12H2,(H,23,24). The first kappa shape index (κ1) is 16.8. The Morgan fingerprint density at radius 3 is 2.76 bits per heavy atom. The molecule has 2 N–H and O–H groups in total. The van der Waals surface area contributed by atoms with Crippen LogP contribution < -0.4 is 4.74 Å². The highest BCUT2D eigenvalue weighted by atomic mass is 16.5. The lowest BCUT2D eigenvalue weighted by molar-refractivity contribution is -0.131. The van der Waals surface area contributed by atoms with Crippen LogP contribution in [0.5, 0.6) is 11.5 Å². The van der Waals surface area contributed by atoms with Crippen LogP contribution in [-0.2, 0) is 17.8 Å². The number of carbonyl (C=O) groups is 2. The lowest BCUT2D eigenvalue weighted by atomic mass is 10.0. The Bertz CT molecular complexity index is 802. The molecule has 6 nitrogen and oxygen atoms in total. The van der Waals surface area contributed by atoms with Gasteiger partial charge in [-0.25, -0.2) is 4.79 Å². The van der Waals surface area contributed by atoms with E-state index in [0.29, 0.717) is 37.4 Å². The average Bonchev–Trinajstić information content (AvgIpc) is 2.81. The third kappa shape index (κ3) is 3.91. The molecule has 2 aromatic carbocycles. The number of carboxylic acid groups (broad SMARTS) is 1. The topological polar surface area (TPSA) is 87.1 Å². The summed E-state index contributed by atoms with van der Waals surface area (Å²) in [5, 5.41) is 18.7. The summed E-state index contributed by atoms with van der Waals surface area (Å²) in [7, 11) is 0. The molecule has 0 aromatic heterocycles. The van der Waals surface area contributed by atoms with Crippen molar-refractivity contribution in [2.45, 2.75) is 19.4 Å². The fourth-order valence-corrected chi connectivity index (χ4v) is 2.92. The second-order valence-corrected chi connectivity index (χ2v) is 5.92. The third-order valence-corrected chi connectivity index (χ3v) is 4.24. The normalized spacial score (nSPS) is 13.5. The Hall–Kier alpha value is -3.02. The first-order valence-corrected chi connectivity index (χ1v) is 8.08. The number of ether oxygens (including phenoxy) is 1. The number of benzene rings is 2. The number of hydrogen-bond donors (Lipinski definition) is 2. The molecule has 1 heterocycles. The van der Waals surface area contributed by atoms with Gasteiger partial charge in [0, 0.05) is 24.6 Å². The van der Waals surface area contributed by atoms with Crippen molar-refractivity contribution >= 4 is 11.9 Å². The van der Waals surface area contributed by atoms with E-state index in [1.54, 1.807) is 47.4 Å². The molecule has 0 saturated carbocycles. The molecule has 0 aliphatic carbocycles. The number of rotatable bonds is 4. The van der Waals surface area contributed by atoms with Crippen molar-refractivity contribution in [2.24, 2.45) is 0 Å². The Morgan fingerprint density at radius 1 is 1.16 bits per heavy atom. The van der Waals surface area contributed by atoms with E-state index in [4.69, 9.17) is 4.74 Å². The van der Waals surface area contributed by atoms with Crippen LogP contribution in [0.2, 0.25) is 0 Å². The number of amides is 1. The van der Waals surface area contributed by atoms with E-state index in [1.165, 1.54) is 0 Å². The molecule has 25 heavy (non-hydrogen) atoms. The van der Waals surface area contributed by atoms with E-state index in [2.05, 4.69) is 0 Å². The van der Waals surface area contributed by atoms with Crippen molar-refractivity contribution in [3.05, 3.63) is 59.2 Å². The summed E-state index contributed by atoms with van der Waals surface area (Å²) in [6, 6.07) is 11.6. The largest absolute Gasteiger partial charge is 0.508 e. The molecule has 0 spiro atoms. The van der Waals surface area contributed by atoms with Crippen LogP contribution in [0.25, 0.3) is 0 Å². The van der Waals surface area contributed by atoms with Crippen LogP contribution in [0.3, 0.4) is 0 Å². The maximum absolute atomic E-state index is 12.6. The van der Waals surface area contributed by atoms with Gasteiger partial charge in [-0.1, -0.05) is 18.2 Å². The van der Waals surface area contributed by atoms with Gasteiger partial charge in [0.1, 0.15) is 18.1 Å². The van der Waals surface area contributed by atoms with Crippen molar-refractivity contribution in [1.29, 1.82) is 0 Å². The predicted molar refractivity (Wildman–Crippen MR) is 90.7 cm³/mol. The number of nitrogens with zero attached hydrogens (tertiary/aromatic N) is 1. The fourth-order valence-electron chi connectivity index (χ4n) is 2.92. The molecule has 1 amide bonds. The van der Waals surface area contributed by atoms with Crippen LogP contribution in [0.4, 0.5) is 0 Å². The van der Waals surface area contributed by atoms with E-state index < -0.39 is 5.97 Å². The van der Waals surface area contributed by atoms with E-state index in [-0.39, 0.29) is 23.6 Å². The third-order valence-electron chi connectivity index (χ3n) is 4.24. The lowest BCUT2D eigenvalue weighted by Gasteiger charge is -2.20. The second kappa shape index (κ2) is 7.25. The minimum absolute atomic E-state index is 0.0512. The molecule has 0 unspecified atom stereocenters. The molecular formula is C19H19NO5. The fraction of sp³-hybridized carbons (Fsp3) is 0.263. The molecule has 3 rings (SSSR count). The van der Waals surface area contributed by atoms with Gasteiger partial charge in [-0.05, 0) is 30.2 Å². The van der Waals surface area contributed by atoms with Gasteiger partial charge < -0.3 is 19.8 Å². The van der Waals surface area contributed by atoms with E-state index in [1.807, 2.05) is 0 Å². The molecule has 6 heteroatoms. The zero-order valence-electron chi connectivity index (χ0n) is 13.6. The quantitative estimate of drug-likeness (QED) is 0.892. The zero-order chi connectivity index (χ0) is 17.8. The number of phenols is 1. The van der Waals surface area contributed by atoms with Crippen molar-refractivity contribution in [2.75, 3.05) is 13.2 Å². The zero-order valence-corrected chi connectivity index (χ0v) is 13.6. The molecule has 0 radical (unpaired) electrons. The highest BCUT2D eigenvalue weighted by Gasteiger charge is 2.20. The van der Waals surface area contributed by atoms with Crippen LogP contribution in [0, 0.1) is 0 Å². The molecule has 0 atom stereocenters. The van der Waals surface area contributed by atoms with Gasteiger partial charge in [0.2, 0.25) is 5.91 Å². The number of aromatic hydroxyl groups is 1. The number of phenolic OH excluding ortho intramolecular Hbond substituents is 1. The number of aryl methyl sites for hydroxylation is 1. The summed E-state index contributed by atoms with van der Waals surface area (Å²) in [5.41, 5.74) is 1.73. The molecule has 0 fully saturated rings. The highest BCUT2D eigenvalue weighted by Crippen LogP contribution is 2.27. The molecule has 1 aliphatic heterocycles. The maximum Gasteiger partial charge on any atom is 0.335 e. The van der Waals surface area contributed by atoms with Gasteiger partial charge in [-0.3, -0.25) is 4.79 Å². The Morgan fingerprint density at radius 2 is 1.96 bits per heavy atom. The van der Waals surface area contributed by atoms with Crippen molar-refractivity contribution in [3.8, 4) is 11.5 Å².